The molecule has 2 aromatic carbocycles. The number of hydrogen-bond donors (Lipinski definition) is 3. The third-order valence-electron chi connectivity index (χ3n) is 4.59. The molecule has 0 saturated heterocycles. The summed E-state index contributed by atoms with van der Waals surface area (Å²) in [6, 6.07) is 16.8. The van der Waals surface area contributed by atoms with E-state index in [9.17, 15) is 0 Å². The molecule has 0 heterocycles. The van der Waals surface area contributed by atoms with Crippen molar-refractivity contribution in [1.29, 1.82) is 0 Å². The molecule has 2 aromatic rings. The second-order valence-corrected chi connectivity index (χ2v) is 6.89. The van der Waals surface area contributed by atoms with E-state index in [1.54, 1.807) is 0 Å². The zero-order valence-electron chi connectivity index (χ0n) is 15.1. The average molecular weight is 377 g/mol. The van der Waals surface area contributed by atoms with Gasteiger partial charge in [0.25, 0.3) is 0 Å². The van der Waals surface area contributed by atoms with E-state index in [4.69, 9.17) is 23.8 Å². The second-order valence-electron chi connectivity index (χ2n) is 6.08. The van der Waals surface area contributed by atoms with Crippen LogP contribution in [0, 0.1) is 6.92 Å². The number of thiocarbonyl (C=S) groups is 1. The SMILES string of the molecule is CC[NH+](CC)[C@@H](CNC(=S)Nc1cccc(Cl)c1C)c1ccccc1. The summed E-state index contributed by atoms with van der Waals surface area (Å²) in [7, 11) is 0. The Hall–Kier alpha value is -1.62. The Morgan fingerprint density at radius 1 is 1.08 bits per heavy atom. The molecule has 0 aliphatic heterocycles. The first-order valence-corrected chi connectivity index (χ1v) is 9.54. The lowest BCUT2D eigenvalue weighted by atomic mass is 10.1. The maximum absolute atomic E-state index is 6.18. The number of nitrogens with one attached hydrogen (secondary N) is 3. The lowest BCUT2D eigenvalue weighted by Crippen LogP contribution is -3.12. The monoisotopic (exact) mass is 376 g/mol. The number of halogens is 1. The molecule has 25 heavy (non-hydrogen) atoms. The number of quaternary nitrogens is 1. The molecule has 0 aliphatic carbocycles. The van der Waals surface area contributed by atoms with Gasteiger partial charge in [-0.2, -0.15) is 0 Å². The second kappa shape index (κ2) is 9.76. The van der Waals surface area contributed by atoms with Gasteiger partial charge in [0.05, 0.1) is 19.6 Å². The van der Waals surface area contributed by atoms with Crippen molar-refractivity contribution in [2.45, 2.75) is 26.8 Å². The summed E-state index contributed by atoms with van der Waals surface area (Å²) in [6.45, 7) is 9.37. The van der Waals surface area contributed by atoms with Gasteiger partial charge >= 0.3 is 0 Å². The predicted molar refractivity (Wildman–Crippen MR) is 112 cm³/mol. The van der Waals surface area contributed by atoms with E-state index < -0.39 is 0 Å². The Kier molecular flexibility index (Phi) is 7.69. The summed E-state index contributed by atoms with van der Waals surface area (Å²) in [4.78, 5) is 1.53. The maximum Gasteiger partial charge on any atom is 0.171 e. The molecule has 0 radical (unpaired) electrons. The summed E-state index contributed by atoms with van der Waals surface area (Å²) in [5.41, 5.74) is 3.27. The van der Waals surface area contributed by atoms with Gasteiger partial charge in [-0.3, -0.25) is 0 Å². The highest BCUT2D eigenvalue weighted by Gasteiger charge is 2.21. The minimum absolute atomic E-state index is 0.358. The normalized spacial score (nSPS) is 12.0. The van der Waals surface area contributed by atoms with E-state index in [0.29, 0.717) is 11.2 Å². The van der Waals surface area contributed by atoms with Crippen molar-refractivity contribution < 1.29 is 4.90 Å². The molecule has 3 N–H and O–H groups in total. The van der Waals surface area contributed by atoms with Crippen LogP contribution in [0.25, 0.3) is 0 Å². The van der Waals surface area contributed by atoms with E-state index in [1.807, 2.05) is 25.1 Å². The summed E-state index contributed by atoms with van der Waals surface area (Å²) >= 11 is 11.7. The zero-order valence-corrected chi connectivity index (χ0v) is 16.7. The van der Waals surface area contributed by atoms with Crippen LogP contribution < -0.4 is 15.5 Å². The number of hydrogen-bond acceptors (Lipinski definition) is 1. The van der Waals surface area contributed by atoms with E-state index >= 15 is 0 Å². The molecule has 134 valence electrons. The highest BCUT2D eigenvalue weighted by atomic mass is 35.5. The number of likely N-dealkylation sites (N-methyl/N-ethyl adjacent to an activating group) is 1. The molecule has 0 aliphatic rings. The van der Waals surface area contributed by atoms with Gasteiger partial charge in [0.1, 0.15) is 6.04 Å². The minimum Gasteiger partial charge on any atom is -0.356 e. The van der Waals surface area contributed by atoms with Gasteiger partial charge in [-0.25, -0.2) is 0 Å². The van der Waals surface area contributed by atoms with Crippen molar-refractivity contribution >= 4 is 34.6 Å². The van der Waals surface area contributed by atoms with Gasteiger partial charge in [-0.05, 0) is 50.7 Å². The van der Waals surface area contributed by atoms with Crippen LogP contribution in [0.1, 0.15) is 31.0 Å². The van der Waals surface area contributed by atoms with Gasteiger partial charge < -0.3 is 15.5 Å². The summed E-state index contributed by atoms with van der Waals surface area (Å²) < 4.78 is 0. The molecule has 0 amide bonds. The quantitative estimate of drug-likeness (QED) is 0.645. The predicted octanol–water partition coefficient (Wildman–Crippen LogP) is 3.60. The molecule has 0 saturated carbocycles. The molecule has 0 unspecified atom stereocenters. The first-order chi connectivity index (χ1) is 12.1. The smallest absolute Gasteiger partial charge is 0.171 e. The standard InChI is InChI=1S/C20H26ClN3S/c1-4-24(5-2)19(16-10-7-6-8-11-16)14-22-20(25)23-18-13-9-12-17(21)15(18)3/h6-13,19H,4-5,14H2,1-3H3,(H2,22,23,25)/p+1/t19-/m0/s1. The van der Waals surface area contributed by atoms with Crippen LogP contribution in [0.4, 0.5) is 5.69 Å². The lowest BCUT2D eigenvalue weighted by Gasteiger charge is -2.28. The number of benzene rings is 2. The molecule has 3 nitrogen and oxygen atoms in total. The van der Waals surface area contributed by atoms with Gasteiger partial charge in [-0.1, -0.05) is 48.0 Å². The summed E-state index contributed by atoms with van der Waals surface area (Å²) in [5.74, 6) is 0. The first-order valence-electron chi connectivity index (χ1n) is 8.76. The molecule has 0 spiro atoms. The van der Waals surface area contributed by atoms with Gasteiger partial charge in [0, 0.05) is 16.3 Å². The third-order valence-corrected chi connectivity index (χ3v) is 5.24. The largest absolute Gasteiger partial charge is 0.356 e. The third kappa shape index (κ3) is 5.43. The Balaban J connectivity index is 2.04. The Morgan fingerprint density at radius 2 is 1.76 bits per heavy atom. The molecule has 0 aromatic heterocycles. The molecular weight excluding hydrogens is 350 g/mol. The van der Waals surface area contributed by atoms with Gasteiger partial charge in [0.2, 0.25) is 0 Å². The van der Waals surface area contributed by atoms with Crippen LogP contribution >= 0.6 is 23.8 Å². The van der Waals surface area contributed by atoms with Crippen LogP contribution in [0.15, 0.2) is 48.5 Å². The number of anilines is 1. The fourth-order valence-corrected chi connectivity index (χ4v) is 3.40. The summed E-state index contributed by atoms with van der Waals surface area (Å²) in [5, 5.41) is 8.00. The minimum atomic E-state index is 0.358. The summed E-state index contributed by atoms with van der Waals surface area (Å²) in [6.07, 6.45) is 0. The topological polar surface area (TPSA) is 28.5 Å². The van der Waals surface area contributed by atoms with Crippen LogP contribution in [0.3, 0.4) is 0 Å². The molecule has 0 fully saturated rings. The fraction of sp³-hybridized carbons (Fsp3) is 0.350. The molecular formula is C20H27ClN3S+. The fourth-order valence-electron chi connectivity index (χ4n) is 3.03. The number of rotatable bonds is 7. The lowest BCUT2D eigenvalue weighted by molar-refractivity contribution is -0.927. The Bertz CT molecular complexity index is 687. The van der Waals surface area contributed by atoms with Crippen LogP contribution in [0.2, 0.25) is 5.02 Å². The van der Waals surface area contributed by atoms with E-state index in [0.717, 1.165) is 35.9 Å². The molecule has 0 bridgehead atoms. The Morgan fingerprint density at radius 3 is 2.40 bits per heavy atom. The van der Waals surface area contributed by atoms with Crippen molar-refractivity contribution in [3.05, 3.63) is 64.7 Å². The van der Waals surface area contributed by atoms with E-state index in [1.165, 1.54) is 10.5 Å². The molecule has 5 heteroatoms. The van der Waals surface area contributed by atoms with Crippen molar-refractivity contribution in [1.82, 2.24) is 5.32 Å². The average Bonchev–Trinajstić information content (AvgIpc) is 2.63. The van der Waals surface area contributed by atoms with Crippen LogP contribution in [-0.4, -0.2) is 24.7 Å². The van der Waals surface area contributed by atoms with Gasteiger partial charge in [-0.15, -0.1) is 0 Å². The van der Waals surface area contributed by atoms with Crippen molar-refractivity contribution in [2.24, 2.45) is 0 Å². The molecule has 2 rings (SSSR count). The Labute approximate surface area is 161 Å². The molecule has 1 atom stereocenters. The van der Waals surface area contributed by atoms with Gasteiger partial charge in [0.15, 0.2) is 5.11 Å². The van der Waals surface area contributed by atoms with Crippen LogP contribution in [0.5, 0.6) is 0 Å². The maximum atomic E-state index is 6.18. The van der Waals surface area contributed by atoms with Crippen molar-refractivity contribution in [3.8, 4) is 0 Å². The zero-order chi connectivity index (χ0) is 18.2. The van der Waals surface area contributed by atoms with Crippen molar-refractivity contribution in [2.75, 3.05) is 25.0 Å². The highest BCUT2D eigenvalue weighted by Crippen LogP contribution is 2.22. The highest BCUT2D eigenvalue weighted by molar-refractivity contribution is 7.80. The first kappa shape index (κ1) is 19.7. The van der Waals surface area contributed by atoms with E-state index in [2.05, 4.69) is 54.8 Å². The van der Waals surface area contributed by atoms with E-state index in [-0.39, 0.29) is 0 Å². The van der Waals surface area contributed by atoms with Crippen LogP contribution in [-0.2, 0) is 0 Å². The van der Waals surface area contributed by atoms with Crippen molar-refractivity contribution in [3.63, 3.8) is 0 Å².